The lowest BCUT2D eigenvalue weighted by molar-refractivity contribution is 0.0680. The molecule has 0 aliphatic rings. The first-order valence-corrected chi connectivity index (χ1v) is 8.01. The SMILES string of the molecule is CCc1c(-c2nc3cc(O)c(F)cc3[nH]2)ccc2nc(C(=O)O)n(C)c12. The van der Waals surface area contributed by atoms with Gasteiger partial charge < -0.3 is 19.8 Å². The van der Waals surface area contributed by atoms with Crippen LogP contribution in [-0.4, -0.2) is 35.7 Å². The van der Waals surface area contributed by atoms with Gasteiger partial charge in [0.1, 0.15) is 5.82 Å². The number of nitrogens with zero attached hydrogens (tertiary/aromatic N) is 3. The van der Waals surface area contributed by atoms with Gasteiger partial charge in [0.15, 0.2) is 11.6 Å². The van der Waals surface area contributed by atoms with Crippen LogP contribution in [0.25, 0.3) is 33.5 Å². The predicted molar refractivity (Wildman–Crippen MR) is 93.8 cm³/mol. The molecule has 0 fully saturated rings. The van der Waals surface area contributed by atoms with Crippen molar-refractivity contribution in [1.29, 1.82) is 0 Å². The van der Waals surface area contributed by atoms with Gasteiger partial charge in [-0.2, -0.15) is 0 Å². The summed E-state index contributed by atoms with van der Waals surface area (Å²) in [5.41, 5.74) is 3.87. The molecule has 0 atom stereocenters. The highest BCUT2D eigenvalue weighted by atomic mass is 19.1. The molecule has 0 unspecified atom stereocenters. The summed E-state index contributed by atoms with van der Waals surface area (Å²) in [7, 11) is 1.66. The minimum Gasteiger partial charge on any atom is -0.505 e. The van der Waals surface area contributed by atoms with Crippen molar-refractivity contribution in [3.05, 3.63) is 41.5 Å². The second kappa shape index (κ2) is 5.55. The summed E-state index contributed by atoms with van der Waals surface area (Å²) in [5, 5.41) is 18.8. The van der Waals surface area contributed by atoms with Crippen molar-refractivity contribution in [2.24, 2.45) is 7.05 Å². The zero-order chi connectivity index (χ0) is 18.6. The van der Waals surface area contributed by atoms with Crippen molar-refractivity contribution in [3.63, 3.8) is 0 Å². The maximum absolute atomic E-state index is 13.6. The van der Waals surface area contributed by atoms with Crippen molar-refractivity contribution in [1.82, 2.24) is 19.5 Å². The molecule has 2 aromatic heterocycles. The van der Waals surface area contributed by atoms with Gasteiger partial charge in [-0.1, -0.05) is 6.92 Å². The molecule has 8 heteroatoms. The summed E-state index contributed by atoms with van der Waals surface area (Å²) >= 11 is 0. The monoisotopic (exact) mass is 354 g/mol. The Morgan fingerprint density at radius 2 is 2.04 bits per heavy atom. The molecular formula is C18H15FN4O3. The highest BCUT2D eigenvalue weighted by Gasteiger charge is 2.20. The Labute approximate surface area is 146 Å². The van der Waals surface area contributed by atoms with Crippen LogP contribution in [0.3, 0.4) is 0 Å². The summed E-state index contributed by atoms with van der Waals surface area (Å²) in [6.07, 6.45) is 0.627. The van der Waals surface area contributed by atoms with Gasteiger partial charge in [-0.25, -0.2) is 19.2 Å². The molecule has 2 aromatic carbocycles. The normalized spacial score (nSPS) is 11.5. The quantitative estimate of drug-likeness (QED) is 0.524. The minimum absolute atomic E-state index is 0.0385. The number of aryl methyl sites for hydroxylation is 2. The van der Waals surface area contributed by atoms with Crippen LogP contribution in [0.5, 0.6) is 5.75 Å². The predicted octanol–water partition coefficient (Wildman–Crippen LogP) is 3.22. The molecule has 7 nitrogen and oxygen atoms in total. The highest BCUT2D eigenvalue weighted by molar-refractivity contribution is 5.94. The fourth-order valence-electron chi connectivity index (χ4n) is 3.30. The number of aromatic amines is 1. The number of aromatic hydroxyl groups is 1. The van der Waals surface area contributed by atoms with Gasteiger partial charge in [0.05, 0.1) is 22.1 Å². The topological polar surface area (TPSA) is 104 Å². The van der Waals surface area contributed by atoms with Gasteiger partial charge in [-0.3, -0.25) is 0 Å². The number of hydrogen-bond donors (Lipinski definition) is 3. The first kappa shape index (κ1) is 16.1. The Morgan fingerprint density at radius 1 is 1.27 bits per heavy atom. The largest absolute Gasteiger partial charge is 0.505 e. The lowest BCUT2D eigenvalue weighted by Gasteiger charge is -2.08. The molecule has 3 N–H and O–H groups in total. The van der Waals surface area contributed by atoms with Gasteiger partial charge in [-0.05, 0) is 24.1 Å². The van der Waals surface area contributed by atoms with E-state index >= 15 is 0 Å². The third kappa shape index (κ3) is 2.22. The van der Waals surface area contributed by atoms with E-state index in [1.54, 1.807) is 17.7 Å². The van der Waals surface area contributed by atoms with Gasteiger partial charge in [0, 0.05) is 24.7 Å². The average Bonchev–Trinajstić information content (AvgIpc) is 3.15. The van der Waals surface area contributed by atoms with Crippen molar-refractivity contribution in [3.8, 4) is 17.1 Å². The van der Waals surface area contributed by atoms with Crippen molar-refractivity contribution in [2.45, 2.75) is 13.3 Å². The molecule has 4 rings (SSSR count). The molecule has 0 aliphatic carbocycles. The number of imidazole rings is 2. The summed E-state index contributed by atoms with van der Waals surface area (Å²) in [4.78, 5) is 23.0. The van der Waals surface area contributed by atoms with Crippen LogP contribution in [0.2, 0.25) is 0 Å². The van der Waals surface area contributed by atoms with Crippen LogP contribution >= 0.6 is 0 Å². The van der Waals surface area contributed by atoms with Gasteiger partial charge >= 0.3 is 5.97 Å². The molecule has 0 spiro atoms. The Kier molecular flexibility index (Phi) is 3.43. The van der Waals surface area contributed by atoms with Crippen LogP contribution < -0.4 is 0 Å². The molecule has 2 heterocycles. The highest BCUT2D eigenvalue weighted by Crippen LogP contribution is 2.32. The number of carboxylic acid groups (broad SMARTS) is 1. The van der Waals surface area contributed by atoms with Crippen LogP contribution in [-0.2, 0) is 13.5 Å². The lowest BCUT2D eigenvalue weighted by Crippen LogP contribution is -2.06. The number of halogens is 1. The van der Waals surface area contributed by atoms with Crippen molar-refractivity contribution in [2.75, 3.05) is 0 Å². The Hall–Kier alpha value is -3.42. The van der Waals surface area contributed by atoms with Crippen molar-refractivity contribution >= 4 is 28.0 Å². The number of phenolic OH excluding ortho intramolecular Hbond substituents is 1. The molecule has 4 aromatic rings. The van der Waals surface area contributed by atoms with Crippen molar-refractivity contribution < 1.29 is 19.4 Å². The molecule has 0 aliphatic heterocycles. The fourth-order valence-corrected chi connectivity index (χ4v) is 3.30. The summed E-state index contributed by atoms with van der Waals surface area (Å²) in [6.45, 7) is 1.96. The van der Waals surface area contributed by atoms with Crippen LogP contribution in [0.15, 0.2) is 24.3 Å². The van der Waals surface area contributed by atoms with E-state index in [1.165, 1.54) is 12.1 Å². The molecule has 0 bridgehead atoms. The maximum Gasteiger partial charge on any atom is 0.372 e. The van der Waals surface area contributed by atoms with E-state index in [0.29, 0.717) is 28.8 Å². The third-order valence-corrected chi connectivity index (χ3v) is 4.49. The van der Waals surface area contributed by atoms with E-state index in [0.717, 1.165) is 16.6 Å². The van der Waals surface area contributed by atoms with Crippen LogP contribution in [0.4, 0.5) is 4.39 Å². The second-order valence-corrected chi connectivity index (χ2v) is 6.02. The Balaban J connectivity index is 1.99. The Morgan fingerprint density at radius 3 is 2.73 bits per heavy atom. The van der Waals surface area contributed by atoms with E-state index in [9.17, 15) is 19.4 Å². The number of benzene rings is 2. The van der Waals surface area contributed by atoms with Gasteiger partial charge in [-0.15, -0.1) is 0 Å². The molecular weight excluding hydrogens is 339 g/mol. The first-order chi connectivity index (χ1) is 12.4. The summed E-state index contributed by atoms with van der Waals surface area (Å²) in [5.74, 6) is -1.80. The first-order valence-electron chi connectivity index (χ1n) is 8.01. The number of carboxylic acids is 1. The lowest BCUT2D eigenvalue weighted by atomic mass is 10.0. The molecule has 26 heavy (non-hydrogen) atoms. The number of phenols is 1. The van der Waals surface area contributed by atoms with Gasteiger partial charge in [0.2, 0.25) is 5.82 Å². The van der Waals surface area contributed by atoms with Crippen LogP contribution in [0, 0.1) is 5.82 Å². The number of aromatic nitrogens is 4. The zero-order valence-corrected chi connectivity index (χ0v) is 14.0. The maximum atomic E-state index is 13.6. The Bertz CT molecular complexity index is 1150. The number of aromatic carboxylic acids is 1. The molecule has 132 valence electrons. The molecule has 0 saturated carbocycles. The van der Waals surface area contributed by atoms with Crippen LogP contribution in [0.1, 0.15) is 23.1 Å². The molecule has 0 amide bonds. The zero-order valence-electron chi connectivity index (χ0n) is 14.0. The molecule has 0 radical (unpaired) electrons. The number of fused-ring (bicyclic) bond motifs is 2. The van der Waals surface area contributed by atoms with E-state index < -0.39 is 17.5 Å². The summed E-state index contributed by atoms with van der Waals surface area (Å²) in [6, 6.07) is 6.01. The molecule has 0 saturated heterocycles. The smallest absolute Gasteiger partial charge is 0.372 e. The third-order valence-electron chi connectivity index (χ3n) is 4.49. The van der Waals surface area contributed by atoms with Gasteiger partial charge in [0.25, 0.3) is 0 Å². The minimum atomic E-state index is -1.10. The van der Waals surface area contributed by atoms with E-state index in [1.807, 2.05) is 13.0 Å². The number of H-pyrrole nitrogens is 1. The van der Waals surface area contributed by atoms with E-state index in [-0.39, 0.29) is 5.82 Å². The fraction of sp³-hybridized carbons (Fsp3) is 0.167. The van der Waals surface area contributed by atoms with E-state index in [4.69, 9.17) is 0 Å². The second-order valence-electron chi connectivity index (χ2n) is 6.02. The number of carbonyl (C=O) groups is 1. The number of hydrogen-bond acceptors (Lipinski definition) is 4. The summed E-state index contributed by atoms with van der Waals surface area (Å²) < 4.78 is 15.1. The van der Waals surface area contributed by atoms with E-state index in [2.05, 4.69) is 15.0 Å². The average molecular weight is 354 g/mol. The number of rotatable bonds is 3. The standard InChI is InChI=1S/C18H15FN4O3/c1-3-8-9(4-5-11-15(8)23(2)17(22-11)18(25)26)16-20-12-6-10(19)14(24)7-13(12)21-16/h4-7,24H,3H2,1-2H3,(H,20,21)(H,25,26). The number of nitrogens with one attached hydrogen (secondary N) is 1.